The molecule has 0 radical (unpaired) electrons. The minimum absolute atomic E-state index is 0.0355. The van der Waals surface area contributed by atoms with Crippen LogP contribution in [0.25, 0.3) is 10.4 Å². The van der Waals surface area contributed by atoms with Gasteiger partial charge in [0.1, 0.15) is 0 Å². The summed E-state index contributed by atoms with van der Waals surface area (Å²) in [5, 5.41) is 4.94. The number of thiophene rings is 1. The summed E-state index contributed by atoms with van der Waals surface area (Å²) in [5.41, 5.74) is 1.79. The third-order valence-electron chi connectivity index (χ3n) is 6.04. The van der Waals surface area contributed by atoms with Crippen molar-refractivity contribution in [1.82, 2.24) is 10.2 Å². The van der Waals surface area contributed by atoms with Gasteiger partial charge in [-0.05, 0) is 48.3 Å². The monoisotopic (exact) mass is 398 g/mol. The van der Waals surface area contributed by atoms with Crippen LogP contribution >= 0.6 is 11.3 Å². The average Bonchev–Trinajstić information content (AvgIpc) is 3.39. The molecule has 1 fully saturated rings. The van der Waals surface area contributed by atoms with Crippen molar-refractivity contribution in [2.45, 2.75) is 39.5 Å². The van der Waals surface area contributed by atoms with Crippen molar-refractivity contribution >= 4 is 23.2 Å². The van der Waals surface area contributed by atoms with Crippen molar-refractivity contribution in [1.29, 1.82) is 0 Å². The van der Waals surface area contributed by atoms with Gasteiger partial charge in [-0.1, -0.05) is 44.2 Å². The number of amides is 2. The molecule has 0 spiro atoms. The molecule has 5 heteroatoms. The van der Waals surface area contributed by atoms with E-state index in [1.807, 2.05) is 17.0 Å². The number of nitrogens with one attached hydrogen (secondary N) is 1. The summed E-state index contributed by atoms with van der Waals surface area (Å²) in [6, 6.07) is 12.5. The Morgan fingerprint density at radius 2 is 1.93 bits per heavy atom. The number of likely N-dealkylation sites (tertiary alicyclic amines) is 1. The van der Waals surface area contributed by atoms with Gasteiger partial charge >= 0.3 is 0 Å². The molecular formula is C23H30N2O2S. The fourth-order valence-corrected chi connectivity index (χ4v) is 5.13. The van der Waals surface area contributed by atoms with E-state index in [1.165, 1.54) is 16.0 Å². The normalized spacial score (nSPS) is 19.2. The van der Waals surface area contributed by atoms with Gasteiger partial charge in [0.2, 0.25) is 11.8 Å². The van der Waals surface area contributed by atoms with Crippen molar-refractivity contribution in [3.05, 3.63) is 47.3 Å². The van der Waals surface area contributed by atoms with Crippen molar-refractivity contribution in [2.75, 3.05) is 20.1 Å². The minimum atomic E-state index is -0.566. The smallest absolute Gasteiger partial charge is 0.228 e. The largest absolute Gasteiger partial charge is 0.359 e. The second-order valence-corrected chi connectivity index (χ2v) is 8.64. The molecule has 1 saturated heterocycles. The van der Waals surface area contributed by atoms with Crippen LogP contribution in [0.5, 0.6) is 0 Å². The first kappa shape index (κ1) is 20.6. The standard InChI is InChI=1S/C23H30N2O2S/c1-4-17(5-2)21(26)25-13-12-23(16-25,22(27)24-3)15-18-9-6-7-10-19(18)20-11-8-14-28-20/h6-11,14,17H,4-5,12-13,15-16H2,1-3H3,(H,24,27)/t23-/m0/s1. The van der Waals surface area contributed by atoms with E-state index in [-0.39, 0.29) is 17.7 Å². The van der Waals surface area contributed by atoms with Crippen LogP contribution in [-0.4, -0.2) is 36.9 Å². The maximum atomic E-state index is 13.0. The van der Waals surface area contributed by atoms with Crippen LogP contribution in [0, 0.1) is 11.3 Å². The Balaban J connectivity index is 1.89. The molecule has 28 heavy (non-hydrogen) atoms. The van der Waals surface area contributed by atoms with Crippen LogP contribution in [0.4, 0.5) is 0 Å². The van der Waals surface area contributed by atoms with Crippen LogP contribution in [0.3, 0.4) is 0 Å². The number of benzene rings is 1. The molecule has 1 N–H and O–H groups in total. The Kier molecular flexibility index (Phi) is 6.55. The lowest BCUT2D eigenvalue weighted by Crippen LogP contribution is -2.44. The molecule has 0 aliphatic carbocycles. The van der Waals surface area contributed by atoms with Gasteiger partial charge in [0.15, 0.2) is 0 Å². The first-order valence-electron chi connectivity index (χ1n) is 10.2. The van der Waals surface area contributed by atoms with Crippen molar-refractivity contribution < 1.29 is 9.59 Å². The molecule has 2 amide bonds. The second kappa shape index (κ2) is 8.91. The summed E-state index contributed by atoms with van der Waals surface area (Å²) < 4.78 is 0. The molecule has 1 aromatic carbocycles. The molecule has 1 aliphatic rings. The molecule has 0 saturated carbocycles. The maximum absolute atomic E-state index is 13.0. The molecule has 1 aromatic heterocycles. The van der Waals surface area contributed by atoms with Crippen molar-refractivity contribution in [3.63, 3.8) is 0 Å². The first-order chi connectivity index (χ1) is 13.5. The second-order valence-electron chi connectivity index (χ2n) is 7.69. The Labute approximate surface area is 172 Å². The summed E-state index contributed by atoms with van der Waals surface area (Å²) >= 11 is 1.71. The van der Waals surface area contributed by atoms with Crippen LogP contribution in [-0.2, 0) is 16.0 Å². The van der Waals surface area contributed by atoms with Gasteiger partial charge in [-0.15, -0.1) is 11.3 Å². The summed E-state index contributed by atoms with van der Waals surface area (Å²) in [7, 11) is 1.70. The molecule has 0 unspecified atom stereocenters. The number of carbonyl (C=O) groups is 2. The van der Waals surface area contributed by atoms with E-state index in [0.29, 0.717) is 25.9 Å². The molecule has 150 valence electrons. The van der Waals surface area contributed by atoms with Gasteiger partial charge in [-0.25, -0.2) is 0 Å². The molecule has 1 atom stereocenters. The van der Waals surface area contributed by atoms with Gasteiger partial charge in [0.25, 0.3) is 0 Å². The van der Waals surface area contributed by atoms with E-state index in [2.05, 4.69) is 48.8 Å². The summed E-state index contributed by atoms with van der Waals surface area (Å²) in [5.74, 6) is 0.287. The number of nitrogens with zero attached hydrogens (tertiary/aromatic N) is 1. The number of carbonyl (C=O) groups excluding carboxylic acids is 2. The fourth-order valence-electron chi connectivity index (χ4n) is 4.34. The quantitative estimate of drug-likeness (QED) is 0.753. The topological polar surface area (TPSA) is 49.4 Å². The van der Waals surface area contributed by atoms with E-state index in [9.17, 15) is 9.59 Å². The van der Waals surface area contributed by atoms with Gasteiger partial charge in [0, 0.05) is 30.9 Å². The molecular weight excluding hydrogens is 368 g/mol. The Bertz CT molecular complexity index is 814. The number of hydrogen-bond donors (Lipinski definition) is 1. The first-order valence-corrected chi connectivity index (χ1v) is 11.1. The van der Waals surface area contributed by atoms with Gasteiger partial charge in [0.05, 0.1) is 5.41 Å². The lowest BCUT2D eigenvalue weighted by Gasteiger charge is -2.29. The summed E-state index contributed by atoms with van der Waals surface area (Å²) in [4.78, 5) is 29.0. The van der Waals surface area contributed by atoms with Crippen LogP contribution in [0.1, 0.15) is 38.7 Å². The highest BCUT2D eigenvalue weighted by Crippen LogP contribution is 2.39. The Morgan fingerprint density at radius 3 is 2.57 bits per heavy atom. The van der Waals surface area contributed by atoms with Crippen LogP contribution in [0.15, 0.2) is 41.8 Å². The molecule has 2 heterocycles. The SMILES string of the molecule is CCC(CC)C(=O)N1CC[C@@](Cc2ccccc2-c2cccs2)(C(=O)NC)C1. The molecule has 3 rings (SSSR count). The predicted octanol–water partition coefficient (Wildman–Crippen LogP) is 4.36. The van der Waals surface area contributed by atoms with Crippen molar-refractivity contribution in [3.8, 4) is 10.4 Å². The predicted molar refractivity (Wildman–Crippen MR) is 115 cm³/mol. The van der Waals surface area contributed by atoms with Crippen LogP contribution < -0.4 is 5.32 Å². The van der Waals surface area contributed by atoms with E-state index in [1.54, 1.807) is 18.4 Å². The Hall–Kier alpha value is -2.14. The maximum Gasteiger partial charge on any atom is 0.228 e. The Morgan fingerprint density at radius 1 is 1.18 bits per heavy atom. The highest BCUT2D eigenvalue weighted by molar-refractivity contribution is 7.13. The average molecular weight is 399 g/mol. The lowest BCUT2D eigenvalue weighted by atomic mass is 9.78. The third kappa shape index (κ3) is 4.00. The van der Waals surface area contributed by atoms with E-state index < -0.39 is 5.41 Å². The highest BCUT2D eigenvalue weighted by atomic mass is 32.1. The van der Waals surface area contributed by atoms with Gasteiger partial charge < -0.3 is 10.2 Å². The van der Waals surface area contributed by atoms with E-state index >= 15 is 0 Å². The number of rotatable bonds is 7. The van der Waals surface area contributed by atoms with E-state index in [4.69, 9.17) is 0 Å². The van der Waals surface area contributed by atoms with E-state index in [0.717, 1.165) is 12.8 Å². The zero-order chi connectivity index (χ0) is 20.1. The molecule has 2 aromatic rings. The third-order valence-corrected chi connectivity index (χ3v) is 6.95. The molecule has 1 aliphatic heterocycles. The van der Waals surface area contributed by atoms with Crippen LogP contribution in [0.2, 0.25) is 0 Å². The van der Waals surface area contributed by atoms with Gasteiger partial charge in [-0.2, -0.15) is 0 Å². The zero-order valence-electron chi connectivity index (χ0n) is 17.0. The lowest BCUT2D eigenvalue weighted by molar-refractivity contribution is -0.136. The zero-order valence-corrected chi connectivity index (χ0v) is 17.8. The fraction of sp³-hybridized carbons (Fsp3) is 0.478. The highest BCUT2D eigenvalue weighted by Gasteiger charge is 2.46. The summed E-state index contributed by atoms with van der Waals surface area (Å²) in [6.07, 6.45) is 3.05. The molecule has 4 nitrogen and oxygen atoms in total. The van der Waals surface area contributed by atoms with Crippen molar-refractivity contribution in [2.24, 2.45) is 11.3 Å². The van der Waals surface area contributed by atoms with Gasteiger partial charge in [-0.3, -0.25) is 9.59 Å². The minimum Gasteiger partial charge on any atom is -0.359 e. The number of hydrogen-bond acceptors (Lipinski definition) is 3. The summed E-state index contributed by atoms with van der Waals surface area (Å²) in [6.45, 7) is 5.28. The molecule has 0 bridgehead atoms.